The molecule has 0 atom stereocenters. The number of thiocarbonyl (C=S) groups is 1. The van der Waals surface area contributed by atoms with Crippen LogP contribution in [0.15, 0.2) is 78.9 Å². The molecule has 0 aliphatic rings. The Morgan fingerprint density at radius 1 is 0.767 bits per heavy atom. The normalized spacial score (nSPS) is 10.0. The van der Waals surface area contributed by atoms with Crippen LogP contribution in [0.1, 0.15) is 20.7 Å². The van der Waals surface area contributed by atoms with Gasteiger partial charge >= 0.3 is 0 Å². The van der Waals surface area contributed by atoms with E-state index in [0.717, 1.165) is 0 Å². The number of carbonyl (C=O) groups excluding carboxylic acids is 2. The van der Waals surface area contributed by atoms with Crippen molar-refractivity contribution in [2.45, 2.75) is 0 Å². The summed E-state index contributed by atoms with van der Waals surface area (Å²) in [6.45, 7) is 0. The molecule has 150 valence electrons. The fourth-order valence-electron chi connectivity index (χ4n) is 2.66. The predicted molar refractivity (Wildman–Crippen MR) is 118 cm³/mol. The molecular formula is C21H16N4O4S. The molecule has 0 aromatic heterocycles. The Balaban J connectivity index is 1.73. The zero-order valence-electron chi connectivity index (χ0n) is 15.5. The number of rotatable bonds is 5. The zero-order chi connectivity index (χ0) is 21.5. The number of nitro groups is 1. The molecule has 0 bridgehead atoms. The molecule has 0 fully saturated rings. The molecule has 3 N–H and O–H groups in total. The van der Waals surface area contributed by atoms with Gasteiger partial charge in [-0.2, -0.15) is 0 Å². The van der Waals surface area contributed by atoms with Crippen molar-refractivity contribution < 1.29 is 14.5 Å². The van der Waals surface area contributed by atoms with Crippen LogP contribution in [0.2, 0.25) is 0 Å². The first-order valence-electron chi connectivity index (χ1n) is 8.77. The van der Waals surface area contributed by atoms with E-state index in [1.807, 2.05) is 6.07 Å². The number of hydrogen-bond donors (Lipinski definition) is 3. The molecule has 0 saturated heterocycles. The van der Waals surface area contributed by atoms with E-state index >= 15 is 0 Å². The van der Waals surface area contributed by atoms with Crippen LogP contribution in [0.5, 0.6) is 0 Å². The van der Waals surface area contributed by atoms with E-state index in [1.54, 1.807) is 48.5 Å². The van der Waals surface area contributed by atoms with Gasteiger partial charge in [-0.15, -0.1) is 0 Å². The molecular weight excluding hydrogens is 404 g/mol. The molecule has 30 heavy (non-hydrogen) atoms. The Morgan fingerprint density at radius 3 is 2.07 bits per heavy atom. The van der Waals surface area contributed by atoms with E-state index < -0.39 is 10.8 Å². The van der Waals surface area contributed by atoms with Gasteiger partial charge in [0.15, 0.2) is 5.11 Å². The molecule has 0 unspecified atom stereocenters. The van der Waals surface area contributed by atoms with Crippen molar-refractivity contribution in [3.8, 4) is 0 Å². The van der Waals surface area contributed by atoms with E-state index in [4.69, 9.17) is 12.2 Å². The van der Waals surface area contributed by atoms with Crippen LogP contribution >= 0.6 is 12.2 Å². The lowest BCUT2D eigenvalue weighted by atomic mass is 10.1. The molecule has 0 saturated carbocycles. The summed E-state index contributed by atoms with van der Waals surface area (Å²) in [5.74, 6) is -1.09. The topological polar surface area (TPSA) is 113 Å². The highest BCUT2D eigenvalue weighted by molar-refractivity contribution is 7.80. The summed E-state index contributed by atoms with van der Waals surface area (Å²) in [4.78, 5) is 35.5. The summed E-state index contributed by atoms with van der Waals surface area (Å²) in [5.41, 5.74) is 0.856. The third kappa shape index (κ3) is 5.03. The van der Waals surface area contributed by atoms with Crippen LogP contribution in [0, 0.1) is 10.1 Å². The zero-order valence-corrected chi connectivity index (χ0v) is 16.3. The molecule has 0 spiro atoms. The highest BCUT2D eigenvalue weighted by Gasteiger charge is 2.20. The van der Waals surface area contributed by atoms with Crippen LogP contribution in [0.3, 0.4) is 0 Å². The number of carbonyl (C=O) groups is 2. The molecule has 0 radical (unpaired) electrons. The Labute approximate surface area is 177 Å². The van der Waals surface area contributed by atoms with Crippen molar-refractivity contribution in [2.24, 2.45) is 0 Å². The Morgan fingerprint density at radius 2 is 1.37 bits per heavy atom. The monoisotopic (exact) mass is 420 g/mol. The molecule has 0 aliphatic carbocycles. The van der Waals surface area contributed by atoms with Crippen LogP contribution in [0.4, 0.5) is 17.1 Å². The Kier molecular flexibility index (Phi) is 6.46. The minimum absolute atomic E-state index is 0.0990. The predicted octanol–water partition coefficient (Wildman–Crippen LogP) is 3.97. The number of nitrogens with one attached hydrogen (secondary N) is 3. The Bertz CT molecular complexity index is 1120. The third-order valence-electron chi connectivity index (χ3n) is 4.02. The number of benzene rings is 3. The van der Waals surface area contributed by atoms with Gasteiger partial charge in [-0.1, -0.05) is 42.5 Å². The van der Waals surface area contributed by atoms with Gasteiger partial charge in [0, 0.05) is 11.8 Å². The van der Waals surface area contributed by atoms with E-state index in [9.17, 15) is 19.7 Å². The van der Waals surface area contributed by atoms with Crippen molar-refractivity contribution in [2.75, 3.05) is 10.6 Å². The standard InChI is InChI=1S/C21H16N4O4S/c26-19(22-14-8-2-1-3-9-14)15-10-4-6-12-17(15)23-21(30)24-20(27)16-11-5-7-13-18(16)25(28)29/h1-13H,(H,22,26)(H2,23,24,27,30). The number of para-hydroxylation sites is 3. The second-order valence-corrected chi connectivity index (χ2v) is 6.46. The van der Waals surface area contributed by atoms with E-state index in [0.29, 0.717) is 16.9 Å². The van der Waals surface area contributed by atoms with E-state index in [1.165, 1.54) is 24.3 Å². The summed E-state index contributed by atoms with van der Waals surface area (Å²) < 4.78 is 0. The number of hydrogen-bond acceptors (Lipinski definition) is 5. The van der Waals surface area contributed by atoms with Gasteiger partial charge < -0.3 is 10.6 Å². The molecule has 3 rings (SSSR count). The van der Waals surface area contributed by atoms with Crippen LogP contribution in [-0.2, 0) is 0 Å². The fourth-order valence-corrected chi connectivity index (χ4v) is 2.86. The minimum Gasteiger partial charge on any atom is -0.332 e. The van der Waals surface area contributed by atoms with Crippen molar-refractivity contribution in [1.82, 2.24) is 5.32 Å². The van der Waals surface area contributed by atoms with Crippen LogP contribution in [-0.4, -0.2) is 21.9 Å². The first-order chi connectivity index (χ1) is 14.5. The lowest BCUT2D eigenvalue weighted by molar-refractivity contribution is -0.385. The van der Waals surface area contributed by atoms with Crippen LogP contribution in [0.25, 0.3) is 0 Å². The molecule has 3 aromatic carbocycles. The highest BCUT2D eigenvalue weighted by Crippen LogP contribution is 2.19. The van der Waals surface area contributed by atoms with Gasteiger partial charge in [-0.25, -0.2) is 0 Å². The first-order valence-corrected chi connectivity index (χ1v) is 9.17. The Hall–Kier alpha value is -4.11. The summed E-state index contributed by atoms with van der Waals surface area (Å²) in [5, 5.41) is 19.0. The number of nitro benzene ring substituents is 1. The summed E-state index contributed by atoms with van der Waals surface area (Å²) in [6.07, 6.45) is 0. The summed E-state index contributed by atoms with van der Waals surface area (Å²) >= 11 is 5.15. The number of nitrogens with zero attached hydrogens (tertiary/aromatic N) is 1. The number of amides is 2. The van der Waals surface area contributed by atoms with Crippen molar-refractivity contribution in [1.29, 1.82) is 0 Å². The van der Waals surface area contributed by atoms with Gasteiger partial charge in [0.1, 0.15) is 5.56 Å². The molecule has 2 amide bonds. The van der Waals surface area contributed by atoms with Gasteiger partial charge in [0.2, 0.25) is 0 Å². The van der Waals surface area contributed by atoms with Gasteiger partial charge in [0.05, 0.1) is 16.2 Å². The minimum atomic E-state index is -0.731. The largest absolute Gasteiger partial charge is 0.332 e. The quantitative estimate of drug-likeness (QED) is 0.327. The van der Waals surface area contributed by atoms with E-state index in [2.05, 4.69) is 16.0 Å². The molecule has 8 nitrogen and oxygen atoms in total. The van der Waals surface area contributed by atoms with Gasteiger partial charge in [-0.3, -0.25) is 25.0 Å². The molecule has 3 aromatic rings. The highest BCUT2D eigenvalue weighted by atomic mass is 32.1. The van der Waals surface area contributed by atoms with Gasteiger partial charge in [0.25, 0.3) is 17.5 Å². The lowest BCUT2D eigenvalue weighted by Crippen LogP contribution is -2.35. The maximum atomic E-state index is 12.6. The van der Waals surface area contributed by atoms with Gasteiger partial charge in [-0.05, 0) is 42.5 Å². The van der Waals surface area contributed by atoms with Crippen molar-refractivity contribution in [3.63, 3.8) is 0 Å². The maximum absolute atomic E-state index is 12.6. The van der Waals surface area contributed by atoms with Crippen molar-refractivity contribution >= 4 is 46.2 Å². The second kappa shape index (κ2) is 9.39. The molecule has 0 aliphatic heterocycles. The SMILES string of the molecule is O=C(Nc1ccccc1)c1ccccc1NC(=S)NC(=O)c1ccccc1[N+](=O)[O-]. The average molecular weight is 420 g/mol. The number of anilines is 2. The fraction of sp³-hybridized carbons (Fsp3) is 0. The van der Waals surface area contributed by atoms with Crippen molar-refractivity contribution in [3.05, 3.63) is 100 Å². The molecule has 0 heterocycles. The van der Waals surface area contributed by atoms with E-state index in [-0.39, 0.29) is 22.3 Å². The first kappa shape index (κ1) is 20.6. The lowest BCUT2D eigenvalue weighted by Gasteiger charge is -2.13. The summed E-state index contributed by atoms with van der Waals surface area (Å²) in [7, 11) is 0. The third-order valence-corrected chi connectivity index (χ3v) is 4.23. The molecule has 9 heteroatoms. The average Bonchev–Trinajstić information content (AvgIpc) is 2.74. The smallest absolute Gasteiger partial charge is 0.282 e. The maximum Gasteiger partial charge on any atom is 0.282 e. The second-order valence-electron chi connectivity index (χ2n) is 6.05. The summed E-state index contributed by atoms with van der Waals surface area (Å²) in [6, 6.07) is 21.1. The van der Waals surface area contributed by atoms with Crippen LogP contribution < -0.4 is 16.0 Å².